The first-order chi connectivity index (χ1) is 10.9. The Balaban J connectivity index is 1.94. The number of halogens is 1. The molecule has 0 radical (unpaired) electrons. The maximum absolute atomic E-state index is 14.1. The summed E-state index contributed by atoms with van der Waals surface area (Å²) >= 11 is 0. The fraction of sp³-hybridized carbons (Fsp3) is 0.611. The molecule has 0 unspecified atom stereocenters. The van der Waals surface area contributed by atoms with Crippen LogP contribution in [-0.2, 0) is 11.2 Å². The highest BCUT2D eigenvalue weighted by molar-refractivity contribution is 5.65. The van der Waals surface area contributed by atoms with E-state index < -0.39 is 11.7 Å². The topological polar surface area (TPSA) is 64.3 Å². The summed E-state index contributed by atoms with van der Waals surface area (Å²) in [6.07, 6.45) is 3.64. The van der Waals surface area contributed by atoms with Crippen LogP contribution in [0.3, 0.4) is 0 Å². The lowest BCUT2D eigenvalue weighted by Gasteiger charge is -2.25. The second kappa shape index (κ2) is 7.77. The minimum Gasteiger partial charge on any atom is -0.444 e. The lowest BCUT2D eigenvalue weighted by Crippen LogP contribution is -2.31. The van der Waals surface area contributed by atoms with E-state index in [0.717, 1.165) is 56.3 Å². The van der Waals surface area contributed by atoms with E-state index in [9.17, 15) is 9.18 Å². The second-order valence-corrected chi connectivity index (χ2v) is 6.91. The number of amides is 1. The highest BCUT2D eigenvalue weighted by Crippen LogP contribution is 2.29. The number of hydrogen-bond donors (Lipinski definition) is 2. The molecule has 0 saturated carbocycles. The molecule has 1 aromatic rings. The van der Waals surface area contributed by atoms with E-state index in [2.05, 4.69) is 5.32 Å². The quantitative estimate of drug-likeness (QED) is 0.842. The van der Waals surface area contributed by atoms with Crippen LogP contribution >= 0.6 is 0 Å². The van der Waals surface area contributed by atoms with E-state index in [1.54, 1.807) is 6.07 Å². The van der Waals surface area contributed by atoms with Gasteiger partial charge in [0.1, 0.15) is 11.4 Å². The zero-order valence-electron chi connectivity index (χ0n) is 14.0. The Labute approximate surface area is 137 Å². The summed E-state index contributed by atoms with van der Waals surface area (Å²) in [6.45, 7) is 5.60. The highest BCUT2D eigenvalue weighted by atomic mass is 19.1. The smallest absolute Gasteiger partial charge is 0.405 e. The highest BCUT2D eigenvalue weighted by Gasteiger charge is 2.22. The van der Waals surface area contributed by atoms with Gasteiger partial charge < -0.3 is 15.8 Å². The van der Waals surface area contributed by atoms with Gasteiger partial charge in [-0.05, 0) is 82.2 Å². The van der Waals surface area contributed by atoms with Gasteiger partial charge in [0.15, 0.2) is 0 Å². The summed E-state index contributed by atoms with van der Waals surface area (Å²) in [6, 6.07) is 5.44. The van der Waals surface area contributed by atoms with Crippen molar-refractivity contribution >= 4 is 6.09 Å². The summed E-state index contributed by atoms with van der Waals surface area (Å²) < 4.78 is 19.2. The molecule has 2 rings (SSSR count). The van der Waals surface area contributed by atoms with E-state index in [-0.39, 0.29) is 5.82 Å². The van der Waals surface area contributed by atoms with Crippen molar-refractivity contribution in [1.82, 2.24) is 5.32 Å². The standard InChI is InChI=1S/C18H27FN2O2/c1-18(2,23-17(20)22)9-3-4-13-5-6-16(19)15(12-13)14-7-10-21-11-8-14/h5-6,12,14,21H,3-4,7-11H2,1-2H3,(H2,20,22). The van der Waals surface area contributed by atoms with E-state index in [0.29, 0.717) is 5.92 Å². The number of ether oxygens (including phenoxy) is 1. The molecule has 1 heterocycles. The van der Waals surface area contributed by atoms with Crippen LogP contribution in [0.4, 0.5) is 9.18 Å². The van der Waals surface area contributed by atoms with Crippen molar-refractivity contribution in [2.24, 2.45) is 5.73 Å². The average molecular weight is 322 g/mol. The van der Waals surface area contributed by atoms with Crippen LogP contribution in [0.1, 0.15) is 56.6 Å². The van der Waals surface area contributed by atoms with Crippen molar-refractivity contribution < 1.29 is 13.9 Å². The predicted octanol–water partition coefficient (Wildman–Crippen LogP) is 3.49. The van der Waals surface area contributed by atoms with Gasteiger partial charge in [-0.15, -0.1) is 0 Å². The molecule has 0 spiro atoms. The monoisotopic (exact) mass is 322 g/mol. The summed E-state index contributed by atoms with van der Waals surface area (Å²) in [4.78, 5) is 10.9. The number of benzene rings is 1. The lowest BCUT2D eigenvalue weighted by molar-refractivity contribution is 0.0378. The van der Waals surface area contributed by atoms with Crippen LogP contribution in [0.25, 0.3) is 0 Å². The number of nitrogens with two attached hydrogens (primary N) is 1. The molecule has 0 aromatic heterocycles. The summed E-state index contributed by atoms with van der Waals surface area (Å²) in [5.41, 5.74) is 6.49. The third-order valence-corrected chi connectivity index (χ3v) is 4.46. The molecule has 0 bridgehead atoms. The van der Waals surface area contributed by atoms with Crippen LogP contribution in [0.2, 0.25) is 0 Å². The SMILES string of the molecule is CC(C)(CCCc1ccc(F)c(C2CCNCC2)c1)OC(N)=O. The number of carbonyl (C=O) groups is 1. The van der Waals surface area contributed by atoms with Crippen molar-refractivity contribution in [2.75, 3.05) is 13.1 Å². The van der Waals surface area contributed by atoms with Gasteiger partial charge in [-0.1, -0.05) is 12.1 Å². The van der Waals surface area contributed by atoms with Crippen molar-refractivity contribution in [2.45, 2.75) is 57.5 Å². The number of aryl methyl sites for hydroxylation is 1. The molecule has 0 atom stereocenters. The maximum Gasteiger partial charge on any atom is 0.405 e. The van der Waals surface area contributed by atoms with Crippen LogP contribution in [0.15, 0.2) is 18.2 Å². The number of rotatable bonds is 6. The normalized spacial score (nSPS) is 16.3. The molecule has 4 nitrogen and oxygen atoms in total. The van der Waals surface area contributed by atoms with E-state index in [1.807, 2.05) is 26.0 Å². The molecule has 1 aliphatic heterocycles. The maximum atomic E-state index is 14.1. The van der Waals surface area contributed by atoms with Gasteiger partial charge in [0.2, 0.25) is 0 Å². The van der Waals surface area contributed by atoms with Crippen molar-refractivity contribution in [3.8, 4) is 0 Å². The first kappa shape index (κ1) is 17.7. The molecular formula is C18H27FN2O2. The molecule has 3 N–H and O–H groups in total. The third-order valence-electron chi connectivity index (χ3n) is 4.46. The second-order valence-electron chi connectivity index (χ2n) is 6.91. The molecule has 0 aliphatic carbocycles. The first-order valence-electron chi connectivity index (χ1n) is 8.35. The van der Waals surface area contributed by atoms with Gasteiger partial charge in [-0.25, -0.2) is 9.18 Å². The third kappa shape index (κ3) is 5.50. The zero-order chi connectivity index (χ0) is 16.9. The van der Waals surface area contributed by atoms with Crippen LogP contribution < -0.4 is 11.1 Å². The molecule has 1 saturated heterocycles. The number of primary amides is 1. The van der Waals surface area contributed by atoms with Crippen LogP contribution in [-0.4, -0.2) is 24.8 Å². The van der Waals surface area contributed by atoms with Gasteiger partial charge in [0.05, 0.1) is 0 Å². The number of carbonyl (C=O) groups excluding carboxylic acids is 1. The largest absolute Gasteiger partial charge is 0.444 e. The first-order valence-corrected chi connectivity index (χ1v) is 8.35. The fourth-order valence-corrected chi connectivity index (χ4v) is 3.24. The number of hydrogen-bond acceptors (Lipinski definition) is 3. The minimum absolute atomic E-state index is 0.0990. The molecule has 23 heavy (non-hydrogen) atoms. The summed E-state index contributed by atoms with van der Waals surface area (Å²) in [7, 11) is 0. The zero-order valence-corrected chi connectivity index (χ0v) is 14.0. The van der Waals surface area contributed by atoms with Crippen LogP contribution in [0, 0.1) is 5.82 Å². The van der Waals surface area contributed by atoms with Gasteiger partial charge in [-0.3, -0.25) is 0 Å². The molecule has 1 fully saturated rings. The Morgan fingerprint density at radius 3 is 2.74 bits per heavy atom. The van der Waals surface area contributed by atoms with E-state index in [1.165, 1.54) is 0 Å². The van der Waals surface area contributed by atoms with Crippen molar-refractivity contribution in [1.29, 1.82) is 0 Å². The Morgan fingerprint density at radius 2 is 2.09 bits per heavy atom. The molecule has 128 valence electrons. The van der Waals surface area contributed by atoms with Gasteiger partial charge in [-0.2, -0.15) is 0 Å². The van der Waals surface area contributed by atoms with Gasteiger partial charge in [0, 0.05) is 0 Å². The van der Waals surface area contributed by atoms with Crippen molar-refractivity contribution in [3.63, 3.8) is 0 Å². The van der Waals surface area contributed by atoms with E-state index >= 15 is 0 Å². The Morgan fingerprint density at radius 1 is 1.39 bits per heavy atom. The average Bonchev–Trinajstić information content (AvgIpc) is 2.48. The van der Waals surface area contributed by atoms with Crippen LogP contribution in [0.5, 0.6) is 0 Å². The molecule has 1 aromatic carbocycles. The molecule has 1 aliphatic rings. The number of piperidine rings is 1. The molecule has 1 amide bonds. The van der Waals surface area contributed by atoms with Crippen molar-refractivity contribution in [3.05, 3.63) is 35.1 Å². The molecule has 5 heteroatoms. The minimum atomic E-state index is -0.745. The molecular weight excluding hydrogens is 295 g/mol. The fourth-order valence-electron chi connectivity index (χ4n) is 3.24. The van der Waals surface area contributed by atoms with Gasteiger partial charge >= 0.3 is 6.09 Å². The summed E-state index contributed by atoms with van der Waals surface area (Å²) in [5.74, 6) is 0.212. The predicted molar refractivity (Wildman–Crippen MR) is 88.9 cm³/mol. The summed E-state index contributed by atoms with van der Waals surface area (Å²) in [5, 5.41) is 3.31. The van der Waals surface area contributed by atoms with E-state index in [4.69, 9.17) is 10.5 Å². The Bertz CT molecular complexity index is 540. The Hall–Kier alpha value is -1.62. The Kier molecular flexibility index (Phi) is 5.99. The number of nitrogens with one attached hydrogen (secondary N) is 1. The van der Waals surface area contributed by atoms with Gasteiger partial charge in [0.25, 0.3) is 0 Å². The lowest BCUT2D eigenvalue weighted by atomic mass is 9.88.